The van der Waals surface area contributed by atoms with Crippen molar-refractivity contribution in [1.29, 1.82) is 0 Å². The molecule has 1 fully saturated rings. The van der Waals surface area contributed by atoms with Gasteiger partial charge in [-0.25, -0.2) is 0 Å². The summed E-state index contributed by atoms with van der Waals surface area (Å²) < 4.78 is 0. The van der Waals surface area contributed by atoms with Gasteiger partial charge < -0.3 is 15.3 Å². The van der Waals surface area contributed by atoms with Crippen LogP contribution in [0.5, 0.6) is 0 Å². The van der Waals surface area contributed by atoms with Crippen molar-refractivity contribution in [1.82, 2.24) is 10.2 Å². The molecule has 1 aliphatic rings. The quantitative estimate of drug-likeness (QED) is 0.651. The third-order valence-corrected chi connectivity index (χ3v) is 2.81. The van der Waals surface area contributed by atoms with Crippen LogP contribution in [0, 0.1) is 0 Å². The molecule has 1 rings (SSSR count). The Hall–Kier alpha value is -0.870. The molecule has 0 radical (unpaired) electrons. The van der Waals surface area contributed by atoms with Crippen LogP contribution in [0.4, 0.5) is 0 Å². The summed E-state index contributed by atoms with van der Waals surface area (Å²) in [6.45, 7) is 9.06. The van der Waals surface area contributed by atoms with E-state index in [4.69, 9.17) is 5.11 Å². The number of hydrogen-bond donors (Lipinski definition) is 2. The van der Waals surface area contributed by atoms with Gasteiger partial charge in [0.25, 0.3) is 0 Å². The molecular formula is C11H20N2O2. The number of nitrogens with one attached hydrogen (secondary N) is 1. The Kier molecular flexibility index (Phi) is 3.88. The molecule has 2 N–H and O–H groups in total. The van der Waals surface area contributed by atoms with Gasteiger partial charge >= 0.3 is 0 Å². The first-order valence-corrected chi connectivity index (χ1v) is 5.29. The lowest BCUT2D eigenvalue weighted by molar-refractivity contribution is -0.142. The highest BCUT2D eigenvalue weighted by Crippen LogP contribution is 2.20. The van der Waals surface area contributed by atoms with Gasteiger partial charge in [0.15, 0.2) is 0 Å². The highest BCUT2D eigenvalue weighted by Gasteiger charge is 2.38. The lowest BCUT2D eigenvalue weighted by Gasteiger charge is -2.45. The highest BCUT2D eigenvalue weighted by atomic mass is 16.3. The summed E-state index contributed by atoms with van der Waals surface area (Å²) in [6, 6.07) is -0.247. The van der Waals surface area contributed by atoms with Crippen LogP contribution in [-0.4, -0.2) is 47.2 Å². The minimum atomic E-state index is -0.247. The number of nitrogens with zero attached hydrogens (tertiary/aromatic N) is 1. The molecular weight excluding hydrogens is 192 g/mol. The summed E-state index contributed by atoms with van der Waals surface area (Å²) in [5.41, 5.74) is -0.183. The molecule has 1 amide bonds. The summed E-state index contributed by atoms with van der Waals surface area (Å²) in [7, 11) is 0. The van der Waals surface area contributed by atoms with Gasteiger partial charge in [-0.15, -0.1) is 6.58 Å². The number of hydrogen-bond acceptors (Lipinski definition) is 3. The molecule has 4 nitrogen and oxygen atoms in total. The molecule has 4 heteroatoms. The topological polar surface area (TPSA) is 52.6 Å². The average molecular weight is 212 g/mol. The summed E-state index contributed by atoms with van der Waals surface area (Å²) in [5.74, 6) is 0.0557. The van der Waals surface area contributed by atoms with Gasteiger partial charge in [-0.2, -0.15) is 0 Å². The predicted molar refractivity (Wildman–Crippen MR) is 59.5 cm³/mol. The molecule has 0 saturated carbocycles. The fourth-order valence-corrected chi connectivity index (χ4v) is 1.86. The molecule has 1 atom stereocenters. The van der Waals surface area contributed by atoms with Crippen LogP contribution in [0.25, 0.3) is 0 Å². The normalized spacial score (nSPS) is 25.4. The van der Waals surface area contributed by atoms with Crippen molar-refractivity contribution in [2.45, 2.75) is 31.8 Å². The second-order valence-electron chi connectivity index (χ2n) is 4.50. The molecule has 0 aromatic heterocycles. The summed E-state index contributed by atoms with van der Waals surface area (Å²) >= 11 is 0. The van der Waals surface area contributed by atoms with Crippen molar-refractivity contribution >= 4 is 5.91 Å². The molecule has 0 bridgehead atoms. The largest absolute Gasteiger partial charge is 0.396 e. The van der Waals surface area contributed by atoms with Gasteiger partial charge in [0, 0.05) is 19.7 Å². The highest BCUT2D eigenvalue weighted by molar-refractivity contribution is 5.83. The van der Waals surface area contributed by atoms with Crippen molar-refractivity contribution < 1.29 is 9.90 Å². The molecule has 15 heavy (non-hydrogen) atoms. The van der Waals surface area contributed by atoms with Crippen LogP contribution in [0.15, 0.2) is 12.7 Å². The lowest BCUT2D eigenvalue weighted by Crippen LogP contribution is -2.65. The number of aliphatic hydroxyl groups excluding tert-OH is 1. The fourth-order valence-electron chi connectivity index (χ4n) is 1.86. The van der Waals surface area contributed by atoms with E-state index < -0.39 is 0 Å². The monoisotopic (exact) mass is 212 g/mol. The second-order valence-corrected chi connectivity index (χ2v) is 4.50. The van der Waals surface area contributed by atoms with Crippen LogP contribution >= 0.6 is 0 Å². The Morgan fingerprint density at radius 1 is 1.73 bits per heavy atom. The number of piperazine rings is 1. The molecule has 1 unspecified atom stereocenters. The minimum absolute atomic E-state index is 0.0335. The maximum absolute atomic E-state index is 12.0. The summed E-state index contributed by atoms with van der Waals surface area (Å²) in [6.07, 6.45) is 2.21. The van der Waals surface area contributed by atoms with Crippen LogP contribution in [0.3, 0.4) is 0 Å². The van der Waals surface area contributed by atoms with Crippen molar-refractivity contribution in [3.8, 4) is 0 Å². The SMILES string of the molecule is C=CCN1C(=O)C(CCO)NCC1(C)C. The third kappa shape index (κ3) is 2.58. The van der Waals surface area contributed by atoms with Crippen LogP contribution in [-0.2, 0) is 4.79 Å². The van der Waals surface area contributed by atoms with Crippen LogP contribution in [0.2, 0.25) is 0 Å². The van der Waals surface area contributed by atoms with Crippen molar-refractivity contribution in [2.75, 3.05) is 19.7 Å². The van der Waals surface area contributed by atoms with E-state index in [2.05, 4.69) is 11.9 Å². The van der Waals surface area contributed by atoms with E-state index in [9.17, 15) is 4.79 Å². The number of amides is 1. The Morgan fingerprint density at radius 2 is 2.40 bits per heavy atom. The standard InChI is InChI=1S/C11H20N2O2/c1-4-6-13-10(15)9(5-7-14)12-8-11(13,2)3/h4,9,12,14H,1,5-8H2,2-3H3. The van der Waals surface area contributed by atoms with E-state index >= 15 is 0 Å². The first-order valence-electron chi connectivity index (χ1n) is 5.29. The van der Waals surface area contributed by atoms with Gasteiger partial charge in [-0.05, 0) is 20.3 Å². The number of carbonyl (C=O) groups is 1. The third-order valence-electron chi connectivity index (χ3n) is 2.81. The first-order chi connectivity index (χ1) is 7.03. The molecule has 86 valence electrons. The zero-order chi connectivity index (χ0) is 11.5. The van der Waals surface area contributed by atoms with E-state index in [-0.39, 0.29) is 24.1 Å². The molecule has 1 heterocycles. The van der Waals surface area contributed by atoms with Gasteiger partial charge in [0.1, 0.15) is 0 Å². The van der Waals surface area contributed by atoms with Crippen molar-refractivity contribution in [3.63, 3.8) is 0 Å². The Balaban J connectivity index is 2.76. The van der Waals surface area contributed by atoms with Gasteiger partial charge in [0.05, 0.1) is 11.6 Å². The van der Waals surface area contributed by atoms with Crippen LogP contribution in [0.1, 0.15) is 20.3 Å². The summed E-state index contributed by atoms with van der Waals surface area (Å²) in [4.78, 5) is 13.8. The van der Waals surface area contributed by atoms with Crippen LogP contribution < -0.4 is 5.32 Å². The maximum Gasteiger partial charge on any atom is 0.240 e. The smallest absolute Gasteiger partial charge is 0.240 e. The van der Waals surface area contributed by atoms with Crippen molar-refractivity contribution in [2.24, 2.45) is 0 Å². The number of carbonyl (C=O) groups excluding carboxylic acids is 1. The van der Waals surface area contributed by atoms with E-state index in [1.54, 1.807) is 6.08 Å². The lowest BCUT2D eigenvalue weighted by atomic mass is 9.96. The van der Waals surface area contributed by atoms with Gasteiger partial charge in [0.2, 0.25) is 5.91 Å². The zero-order valence-corrected chi connectivity index (χ0v) is 9.49. The van der Waals surface area contributed by atoms with E-state index in [0.717, 1.165) is 6.54 Å². The van der Waals surface area contributed by atoms with Crippen molar-refractivity contribution in [3.05, 3.63) is 12.7 Å². The molecule has 0 aromatic carbocycles. The van der Waals surface area contributed by atoms with E-state index in [1.165, 1.54) is 0 Å². The molecule has 1 aliphatic heterocycles. The fraction of sp³-hybridized carbons (Fsp3) is 0.727. The number of rotatable bonds is 4. The number of aliphatic hydroxyl groups is 1. The average Bonchev–Trinajstić information content (AvgIpc) is 2.17. The minimum Gasteiger partial charge on any atom is -0.396 e. The molecule has 0 aromatic rings. The Bertz CT molecular complexity index is 251. The summed E-state index contributed by atoms with van der Waals surface area (Å²) in [5, 5.41) is 12.0. The molecule has 1 saturated heterocycles. The molecule has 0 spiro atoms. The maximum atomic E-state index is 12.0. The Labute approximate surface area is 91.0 Å². The first kappa shape index (κ1) is 12.2. The Morgan fingerprint density at radius 3 is 2.93 bits per heavy atom. The predicted octanol–water partition coefficient (Wildman–Crippen LogP) is 0.134. The van der Waals surface area contributed by atoms with E-state index in [1.807, 2.05) is 18.7 Å². The molecule has 0 aliphatic carbocycles. The second kappa shape index (κ2) is 4.77. The van der Waals surface area contributed by atoms with Gasteiger partial charge in [-0.1, -0.05) is 6.08 Å². The zero-order valence-electron chi connectivity index (χ0n) is 9.49. The van der Waals surface area contributed by atoms with Gasteiger partial charge in [-0.3, -0.25) is 4.79 Å². The van der Waals surface area contributed by atoms with E-state index in [0.29, 0.717) is 13.0 Å².